The molecule has 21 heavy (non-hydrogen) atoms. The van der Waals surface area contributed by atoms with E-state index in [0.717, 1.165) is 11.0 Å². The molecule has 1 aromatic heterocycles. The van der Waals surface area contributed by atoms with E-state index in [2.05, 4.69) is 87.9 Å². The highest BCUT2D eigenvalue weighted by molar-refractivity contribution is 9.10. The van der Waals surface area contributed by atoms with Crippen LogP contribution in [0.4, 0.5) is 0 Å². The van der Waals surface area contributed by atoms with Gasteiger partial charge >= 0.3 is 0 Å². The van der Waals surface area contributed by atoms with Crippen LogP contribution < -0.4 is 4.57 Å². The lowest BCUT2D eigenvalue weighted by Crippen LogP contribution is -2.38. The number of nitrogens with zero attached hydrogens (tertiary/aromatic N) is 1. The summed E-state index contributed by atoms with van der Waals surface area (Å²) in [7, 11) is 0. The Morgan fingerprint density at radius 2 is 1.95 bits per heavy atom. The molecule has 1 unspecified atom stereocenters. The number of fused-ring (bicyclic) bond motifs is 1. The first kappa shape index (κ1) is 14.3. The van der Waals surface area contributed by atoms with Gasteiger partial charge in [0.2, 0.25) is 0 Å². The van der Waals surface area contributed by atoms with Crippen molar-refractivity contribution in [1.82, 2.24) is 4.98 Å². The third-order valence-corrected chi connectivity index (χ3v) is 4.50. The van der Waals surface area contributed by atoms with Crippen LogP contribution >= 0.6 is 15.9 Å². The van der Waals surface area contributed by atoms with Gasteiger partial charge in [0, 0.05) is 4.47 Å². The quantitative estimate of drug-likeness (QED) is 0.648. The maximum Gasteiger partial charge on any atom is 0.287 e. The molecule has 2 aromatic carbocycles. The summed E-state index contributed by atoms with van der Waals surface area (Å²) in [4.78, 5) is 3.58. The maximum absolute atomic E-state index is 3.58. The fourth-order valence-corrected chi connectivity index (χ4v) is 3.02. The number of aromatic amines is 1. The second-order valence-electron chi connectivity index (χ2n) is 5.63. The number of nitrogens with one attached hydrogen (secondary N) is 1. The average Bonchev–Trinajstić information content (AvgIpc) is 2.86. The summed E-state index contributed by atoms with van der Waals surface area (Å²) in [5.74, 6) is 1.83. The minimum Gasteiger partial charge on any atom is -0.236 e. The summed E-state index contributed by atoms with van der Waals surface area (Å²) in [6.07, 6.45) is 1.18. The van der Waals surface area contributed by atoms with Crippen molar-refractivity contribution in [1.29, 1.82) is 0 Å². The maximum atomic E-state index is 3.58. The van der Waals surface area contributed by atoms with Gasteiger partial charge in [0.15, 0.2) is 11.0 Å². The van der Waals surface area contributed by atoms with Crippen LogP contribution in [0, 0.1) is 5.92 Å². The number of hydrogen-bond donors (Lipinski definition) is 1. The first-order chi connectivity index (χ1) is 10.2. The third-order valence-electron chi connectivity index (χ3n) is 4.01. The van der Waals surface area contributed by atoms with E-state index in [9.17, 15) is 0 Å². The topological polar surface area (TPSA) is 19.7 Å². The molecule has 0 radical (unpaired) electrons. The Morgan fingerprint density at radius 1 is 1.14 bits per heavy atom. The van der Waals surface area contributed by atoms with E-state index in [1.807, 2.05) is 0 Å². The van der Waals surface area contributed by atoms with Crippen molar-refractivity contribution in [2.45, 2.75) is 26.8 Å². The number of benzene rings is 2. The number of aromatic nitrogens is 2. The van der Waals surface area contributed by atoms with Gasteiger partial charge in [-0.25, -0.2) is 9.55 Å². The Hall–Kier alpha value is -1.61. The fraction of sp³-hybridized carbons (Fsp3) is 0.278. The van der Waals surface area contributed by atoms with Crippen molar-refractivity contribution in [2.24, 2.45) is 5.92 Å². The summed E-state index contributed by atoms with van der Waals surface area (Å²) in [6.45, 7) is 5.58. The monoisotopic (exact) mass is 343 g/mol. The predicted molar refractivity (Wildman–Crippen MR) is 91.1 cm³/mol. The predicted octanol–water partition coefficient (Wildman–Crippen LogP) is 4.93. The number of halogens is 1. The van der Waals surface area contributed by atoms with Crippen LogP contribution in [0.15, 0.2) is 53.0 Å². The smallest absolute Gasteiger partial charge is 0.236 e. The van der Waals surface area contributed by atoms with Crippen molar-refractivity contribution in [3.63, 3.8) is 0 Å². The molecule has 0 saturated carbocycles. The summed E-state index contributed by atoms with van der Waals surface area (Å²) >= 11 is 3.57. The van der Waals surface area contributed by atoms with Gasteiger partial charge in [-0.05, 0) is 42.7 Å². The molecule has 3 aromatic rings. The van der Waals surface area contributed by atoms with E-state index >= 15 is 0 Å². The molecule has 0 amide bonds. The largest absolute Gasteiger partial charge is 0.287 e. The van der Waals surface area contributed by atoms with Crippen LogP contribution in [0.1, 0.15) is 20.3 Å². The van der Waals surface area contributed by atoms with Crippen LogP contribution in [0.25, 0.3) is 22.4 Å². The van der Waals surface area contributed by atoms with Gasteiger partial charge in [-0.2, -0.15) is 0 Å². The molecule has 108 valence electrons. The average molecular weight is 344 g/mol. The molecule has 1 N–H and O–H groups in total. The summed E-state index contributed by atoms with van der Waals surface area (Å²) in [5.41, 5.74) is 3.67. The molecular formula is C18H20BrN2+. The normalized spacial score (nSPS) is 12.7. The molecule has 3 rings (SSSR count). The van der Waals surface area contributed by atoms with E-state index in [1.165, 1.54) is 28.8 Å². The zero-order valence-electron chi connectivity index (χ0n) is 12.4. The second-order valence-corrected chi connectivity index (χ2v) is 6.54. The molecule has 1 heterocycles. The van der Waals surface area contributed by atoms with Gasteiger partial charge in [0.25, 0.3) is 5.82 Å². The Labute approximate surface area is 134 Å². The van der Waals surface area contributed by atoms with Crippen molar-refractivity contribution in [3.05, 3.63) is 53.0 Å². The minimum absolute atomic E-state index is 0.653. The van der Waals surface area contributed by atoms with Crippen molar-refractivity contribution in [3.8, 4) is 11.4 Å². The van der Waals surface area contributed by atoms with E-state index in [4.69, 9.17) is 0 Å². The highest BCUT2D eigenvalue weighted by Gasteiger charge is 2.21. The number of rotatable bonds is 4. The molecule has 3 heteroatoms. The highest BCUT2D eigenvalue weighted by atomic mass is 79.9. The number of H-pyrrole nitrogens is 1. The SMILES string of the molecule is CCC(C)C[n+]1c(-c2cccc(Br)c2)[nH]c2ccccc21. The van der Waals surface area contributed by atoms with Gasteiger partial charge in [-0.1, -0.05) is 48.0 Å². The number of imidazole rings is 1. The molecule has 0 saturated heterocycles. The van der Waals surface area contributed by atoms with E-state index in [-0.39, 0.29) is 0 Å². The summed E-state index contributed by atoms with van der Waals surface area (Å²) in [5, 5.41) is 0. The van der Waals surface area contributed by atoms with Crippen molar-refractivity contribution >= 4 is 27.0 Å². The second kappa shape index (κ2) is 6.02. The van der Waals surface area contributed by atoms with Crippen LogP contribution in [-0.4, -0.2) is 4.98 Å². The molecule has 0 spiro atoms. The summed E-state index contributed by atoms with van der Waals surface area (Å²) < 4.78 is 3.51. The van der Waals surface area contributed by atoms with E-state index in [0.29, 0.717) is 5.92 Å². The van der Waals surface area contributed by atoms with E-state index < -0.39 is 0 Å². The lowest BCUT2D eigenvalue weighted by Gasteiger charge is -2.08. The first-order valence-electron chi connectivity index (χ1n) is 7.45. The Balaban J connectivity index is 2.18. The fourth-order valence-electron chi connectivity index (χ4n) is 2.62. The zero-order valence-corrected chi connectivity index (χ0v) is 14.0. The highest BCUT2D eigenvalue weighted by Crippen LogP contribution is 2.22. The molecule has 0 aliphatic carbocycles. The molecule has 0 aliphatic rings. The zero-order chi connectivity index (χ0) is 14.8. The van der Waals surface area contributed by atoms with Gasteiger partial charge in [-0.15, -0.1) is 0 Å². The molecule has 0 aliphatic heterocycles. The Kier molecular flexibility index (Phi) is 4.11. The third kappa shape index (κ3) is 2.88. The Morgan fingerprint density at radius 3 is 2.71 bits per heavy atom. The van der Waals surface area contributed by atoms with Gasteiger partial charge in [0.1, 0.15) is 0 Å². The number of hydrogen-bond acceptors (Lipinski definition) is 0. The van der Waals surface area contributed by atoms with Crippen LogP contribution in [0.3, 0.4) is 0 Å². The van der Waals surface area contributed by atoms with Crippen molar-refractivity contribution < 1.29 is 4.57 Å². The van der Waals surface area contributed by atoms with Crippen LogP contribution in [0.2, 0.25) is 0 Å². The summed E-state index contributed by atoms with van der Waals surface area (Å²) in [6, 6.07) is 17.0. The molecular weight excluding hydrogens is 324 g/mol. The Bertz CT molecular complexity index is 761. The standard InChI is InChI=1S/C18H19BrN2/c1-3-13(2)12-21-17-10-5-4-9-16(17)20-18(21)14-7-6-8-15(19)11-14/h4-11,13H,3,12H2,1-2H3/p+1. The molecule has 0 fully saturated rings. The van der Waals surface area contributed by atoms with Gasteiger partial charge < -0.3 is 0 Å². The molecule has 1 atom stereocenters. The molecule has 2 nitrogen and oxygen atoms in total. The van der Waals surface area contributed by atoms with Gasteiger partial charge in [0.05, 0.1) is 12.1 Å². The molecule has 0 bridgehead atoms. The lowest BCUT2D eigenvalue weighted by atomic mass is 10.1. The lowest BCUT2D eigenvalue weighted by molar-refractivity contribution is -0.666. The first-order valence-corrected chi connectivity index (χ1v) is 8.25. The minimum atomic E-state index is 0.653. The van der Waals surface area contributed by atoms with E-state index in [1.54, 1.807) is 0 Å². The van der Waals surface area contributed by atoms with Crippen LogP contribution in [0.5, 0.6) is 0 Å². The number of para-hydroxylation sites is 2. The van der Waals surface area contributed by atoms with Crippen molar-refractivity contribution in [2.75, 3.05) is 0 Å². The van der Waals surface area contributed by atoms with Gasteiger partial charge in [-0.3, -0.25) is 0 Å². The van der Waals surface area contributed by atoms with Crippen LogP contribution in [-0.2, 0) is 6.54 Å².